The van der Waals surface area contributed by atoms with Gasteiger partial charge in [-0.2, -0.15) is 13.2 Å². The summed E-state index contributed by atoms with van der Waals surface area (Å²) in [5, 5.41) is 2.80. The molecular formula is C11H9ClF3N. The van der Waals surface area contributed by atoms with E-state index in [0.29, 0.717) is 6.54 Å². The molecule has 5 heteroatoms. The first-order chi connectivity index (χ1) is 7.43. The fourth-order valence-electron chi connectivity index (χ4n) is 1.06. The van der Waals surface area contributed by atoms with Crippen LogP contribution in [0, 0.1) is 11.8 Å². The van der Waals surface area contributed by atoms with Crippen LogP contribution in [-0.4, -0.2) is 13.6 Å². The van der Waals surface area contributed by atoms with Gasteiger partial charge in [-0.3, -0.25) is 0 Å². The van der Waals surface area contributed by atoms with E-state index in [1.807, 2.05) is 0 Å². The van der Waals surface area contributed by atoms with Crippen LogP contribution in [0.1, 0.15) is 11.1 Å². The Bertz CT molecular complexity index is 429. The Morgan fingerprint density at radius 1 is 1.31 bits per heavy atom. The highest BCUT2D eigenvalue weighted by Crippen LogP contribution is 2.31. The topological polar surface area (TPSA) is 12.0 Å². The lowest BCUT2D eigenvalue weighted by Crippen LogP contribution is -2.05. The van der Waals surface area contributed by atoms with Crippen LogP contribution in [0.15, 0.2) is 18.2 Å². The summed E-state index contributed by atoms with van der Waals surface area (Å²) in [6, 6.07) is 3.26. The second kappa shape index (κ2) is 5.24. The fourth-order valence-corrected chi connectivity index (χ4v) is 1.30. The van der Waals surface area contributed by atoms with Crippen molar-refractivity contribution in [3.8, 4) is 11.8 Å². The zero-order valence-electron chi connectivity index (χ0n) is 8.45. The monoisotopic (exact) mass is 247 g/mol. The van der Waals surface area contributed by atoms with E-state index in [4.69, 9.17) is 11.6 Å². The first kappa shape index (κ1) is 12.9. The van der Waals surface area contributed by atoms with E-state index >= 15 is 0 Å². The normalized spacial score (nSPS) is 10.8. The SMILES string of the molecule is CNCC#Cc1cc(Cl)cc(C(F)(F)F)c1. The smallest absolute Gasteiger partial charge is 0.309 e. The summed E-state index contributed by atoms with van der Waals surface area (Å²) >= 11 is 5.59. The summed E-state index contributed by atoms with van der Waals surface area (Å²) < 4.78 is 37.3. The highest BCUT2D eigenvalue weighted by atomic mass is 35.5. The van der Waals surface area contributed by atoms with E-state index < -0.39 is 11.7 Å². The van der Waals surface area contributed by atoms with Crippen LogP contribution < -0.4 is 5.32 Å². The number of halogens is 4. The van der Waals surface area contributed by atoms with Gasteiger partial charge < -0.3 is 5.32 Å². The van der Waals surface area contributed by atoms with Crippen molar-refractivity contribution in [3.63, 3.8) is 0 Å². The van der Waals surface area contributed by atoms with Gasteiger partial charge in [0.05, 0.1) is 12.1 Å². The summed E-state index contributed by atoms with van der Waals surface area (Å²) in [4.78, 5) is 0. The summed E-state index contributed by atoms with van der Waals surface area (Å²) in [6.45, 7) is 0.411. The van der Waals surface area contributed by atoms with Gasteiger partial charge in [0, 0.05) is 10.6 Å². The van der Waals surface area contributed by atoms with Crippen LogP contribution in [0.25, 0.3) is 0 Å². The minimum absolute atomic E-state index is 0.0311. The van der Waals surface area contributed by atoms with Crippen molar-refractivity contribution < 1.29 is 13.2 Å². The van der Waals surface area contributed by atoms with Crippen molar-refractivity contribution >= 4 is 11.6 Å². The van der Waals surface area contributed by atoms with Gasteiger partial charge in [-0.25, -0.2) is 0 Å². The van der Waals surface area contributed by atoms with Crippen LogP contribution in [-0.2, 0) is 6.18 Å². The number of hydrogen-bond acceptors (Lipinski definition) is 1. The Kier molecular flexibility index (Phi) is 4.22. The molecule has 0 fully saturated rings. The summed E-state index contributed by atoms with van der Waals surface area (Å²) in [7, 11) is 1.70. The largest absolute Gasteiger partial charge is 0.416 e. The third-order valence-corrected chi connectivity index (χ3v) is 1.94. The van der Waals surface area contributed by atoms with Crippen molar-refractivity contribution in [2.75, 3.05) is 13.6 Å². The maximum Gasteiger partial charge on any atom is 0.416 e. The maximum atomic E-state index is 12.4. The molecule has 0 aliphatic heterocycles. The molecule has 1 N–H and O–H groups in total. The summed E-state index contributed by atoms with van der Waals surface area (Å²) in [5.41, 5.74) is -0.524. The van der Waals surface area contributed by atoms with Crippen molar-refractivity contribution in [1.82, 2.24) is 5.32 Å². The number of rotatable bonds is 1. The average Bonchev–Trinajstić information content (AvgIpc) is 2.16. The quantitative estimate of drug-likeness (QED) is 0.753. The van der Waals surface area contributed by atoms with E-state index in [2.05, 4.69) is 17.2 Å². The predicted octanol–water partition coefficient (Wildman–Crippen LogP) is 2.93. The highest BCUT2D eigenvalue weighted by molar-refractivity contribution is 6.30. The zero-order valence-corrected chi connectivity index (χ0v) is 9.21. The molecule has 1 aromatic rings. The highest BCUT2D eigenvalue weighted by Gasteiger charge is 2.30. The first-order valence-electron chi connectivity index (χ1n) is 4.45. The van der Waals surface area contributed by atoms with E-state index in [0.717, 1.165) is 12.1 Å². The lowest BCUT2D eigenvalue weighted by atomic mass is 10.1. The molecular weight excluding hydrogens is 239 g/mol. The standard InChI is InChI=1S/C11H9ClF3N/c1-16-4-2-3-8-5-9(11(13,14)15)7-10(12)6-8/h5-7,16H,4H2,1H3. The number of benzene rings is 1. The molecule has 0 atom stereocenters. The third-order valence-electron chi connectivity index (χ3n) is 1.72. The Balaban J connectivity index is 3.05. The van der Waals surface area contributed by atoms with Gasteiger partial charge in [0.2, 0.25) is 0 Å². The molecule has 1 aromatic carbocycles. The number of alkyl halides is 3. The van der Waals surface area contributed by atoms with Crippen LogP contribution in [0.4, 0.5) is 13.2 Å². The Morgan fingerprint density at radius 2 is 2.00 bits per heavy atom. The van der Waals surface area contributed by atoms with Crippen molar-refractivity contribution in [1.29, 1.82) is 0 Å². The molecule has 0 aliphatic carbocycles. The van der Waals surface area contributed by atoms with Gasteiger partial charge in [0.15, 0.2) is 0 Å². The summed E-state index contributed by atoms with van der Waals surface area (Å²) in [6.07, 6.45) is -4.40. The van der Waals surface area contributed by atoms with Gasteiger partial charge in [0.1, 0.15) is 0 Å². The molecule has 1 rings (SSSR count). The van der Waals surface area contributed by atoms with Gasteiger partial charge in [0.25, 0.3) is 0 Å². The van der Waals surface area contributed by atoms with Crippen LogP contribution in [0.3, 0.4) is 0 Å². The molecule has 0 amide bonds. The van der Waals surface area contributed by atoms with Gasteiger partial charge in [-0.05, 0) is 25.2 Å². The molecule has 86 valence electrons. The van der Waals surface area contributed by atoms with E-state index in [9.17, 15) is 13.2 Å². The van der Waals surface area contributed by atoms with Crippen LogP contribution >= 0.6 is 11.6 Å². The molecule has 16 heavy (non-hydrogen) atoms. The molecule has 0 heterocycles. The molecule has 0 aliphatic rings. The van der Waals surface area contributed by atoms with Crippen molar-refractivity contribution in [2.24, 2.45) is 0 Å². The second-order valence-corrected chi connectivity index (χ2v) is 3.49. The Morgan fingerprint density at radius 3 is 2.56 bits per heavy atom. The van der Waals surface area contributed by atoms with Crippen LogP contribution in [0.5, 0.6) is 0 Å². The predicted molar refractivity (Wildman–Crippen MR) is 57.3 cm³/mol. The fraction of sp³-hybridized carbons (Fsp3) is 0.273. The Hall–Kier alpha value is -1.18. The molecule has 0 spiro atoms. The molecule has 0 bridgehead atoms. The molecule has 0 saturated carbocycles. The number of nitrogens with one attached hydrogen (secondary N) is 1. The lowest BCUT2D eigenvalue weighted by molar-refractivity contribution is -0.137. The van der Waals surface area contributed by atoms with Gasteiger partial charge >= 0.3 is 6.18 Å². The minimum Gasteiger partial charge on any atom is -0.309 e. The van der Waals surface area contributed by atoms with Gasteiger partial charge in [-0.15, -0.1) is 0 Å². The summed E-state index contributed by atoms with van der Waals surface area (Å²) in [5.74, 6) is 5.27. The Labute approximate surface area is 96.6 Å². The van der Waals surface area contributed by atoms with E-state index in [-0.39, 0.29) is 10.6 Å². The molecule has 0 unspecified atom stereocenters. The van der Waals surface area contributed by atoms with Crippen molar-refractivity contribution in [2.45, 2.75) is 6.18 Å². The molecule has 0 aromatic heterocycles. The van der Waals surface area contributed by atoms with E-state index in [1.165, 1.54) is 6.07 Å². The molecule has 0 radical (unpaired) electrons. The lowest BCUT2D eigenvalue weighted by Gasteiger charge is -2.07. The maximum absolute atomic E-state index is 12.4. The third kappa shape index (κ3) is 3.76. The second-order valence-electron chi connectivity index (χ2n) is 3.06. The zero-order chi connectivity index (χ0) is 12.2. The number of hydrogen-bond donors (Lipinski definition) is 1. The van der Waals surface area contributed by atoms with E-state index in [1.54, 1.807) is 7.05 Å². The minimum atomic E-state index is -4.40. The molecule has 1 nitrogen and oxygen atoms in total. The van der Waals surface area contributed by atoms with Crippen LogP contribution in [0.2, 0.25) is 5.02 Å². The molecule has 0 saturated heterocycles. The van der Waals surface area contributed by atoms with Crippen molar-refractivity contribution in [3.05, 3.63) is 34.3 Å². The average molecular weight is 248 g/mol. The first-order valence-corrected chi connectivity index (χ1v) is 4.82. The van der Waals surface area contributed by atoms with Gasteiger partial charge in [-0.1, -0.05) is 23.4 Å².